The van der Waals surface area contributed by atoms with Crippen molar-refractivity contribution in [1.29, 1.82) is 0 Å². The Morgan fingerprint density at radius 3 is 2.57 bits per heavy atom. The van der Waals surface area contributed by atoms with Crippen molar-refractivity contribution in [3.05, 3.63) is 74.8 Å². The Morgan fingerprint density at radius 2 is 1.93 bits per heavy atom. The molecule has 146 valence electrons. The third-order valence-electron chi connectivity index (χ3n) is 4.38. The number of aliphatic hydroxyl groups is 1. The number of esters is 1. The van der Waals surface area contributed by atoms with E-state index in [0.717, 1.165) is 18.3 Å². The summed E-state index contributed by atoms with van der Waals surface area (Å²) < 4.78 is 47.9. The third kappa shape index (κ3) is 3.16. The molecule has 0 fully saturated rings. The molecule has 3 aromatic rings. The molecule has 0 aliphatic rings. The molecule has 0 saturated carbocycles. The molecule has 1 aromatic heterocycles. The van der Waals surface area contributed by atoms with Crippen LogP contribution in [0.15, 0.2) is 35.3 Å². The van der Waals surface area contributed by atoms with E-state index in [-0.39, 0.29) is 34.3 Å². The Morgan fingerprint density at radius 1 is 1.21 bits per heavy atom. The third-order valence-corrected chi connectivity index (χ3v) is 4.38. The monoisotopic (exact) mass is 391 g/mol. The van der Waals surface area contributed by atoms with E-state index in [1.165, 1.54) is 17.6 Å². The Labute approximate surface area is 157 Å². The van der Waals surface area contributed by atoms with E-state index in [9.17, 15) is 27.9 Å². The second kappa shape index (κ2) is 7.47. The van der Waals surface area contributed by atoms with Crippen LogP contribution in [-0.4, -0.2) is 22.2 Å². The zero-order valence-corrected chi connectivity index (χ0v) is 15.1. The van der Waals surface area contributed by atoms with Gasteiger partial charge in [0.15, 0.2) is 11.6 Å². The van der Waals surface area contributed by atoms with Crippen molar-refractivity contribution in [2.75, 3.05) is 6.61 Å². The number of fused-ring (bicyclic) bond motifs is 1. The molecule has 0 saturated heterocycles. The Kier molecular flexibility index (Phi) is 5.24. The second-order valence-corrected chi connectivity index (χ2v) is 6.09. The molecule has 5 nitrogen and oxygen atoms in total. The first-order valence-electron chi connectivity index (χ1n) is 8.40. The van der Waals surface area contributed by atoms with E-state index < -0.39 is 41.0 Å². The number of hydrogen-bond acceptors (Lipinski definition) is 4. The molecule has 1 heterocycles. The average molecular weight is 391 g/mol. The SMILES string of the molecule is CCOC(=O)c1cn(-c2ccc(F)cc2CO)c2c(C)c(F)c(F)cc2c1=O. The maximum absolute atomic E-state index is 14.2. The molecule has 0 spiro atoms. The van der Waals surface area contributed by atoms with Crippen molar-refractivity contribution in [1.82, 2.24) is 4.57 Å². The first-order valence-corrected chi connectivity index (χ1v) is 8.40. The Balaban J connectivity index is 2.51. The number of carbonyl (C=O) groups is 1. The second-order valence-electron chi connectivity index (χ2n) is 6.09. The number of nitrogens with zero attached hydrogens (tertiary/aromatic N) is 1. The van der Waals surface area contributed by atoms with Crippen LogP contribution in [0.5, 0.6) is 0 Å². The summed E-state index contributed by atoms with van der Waals surface area (Å²) in [6, 6.07) is 4.19. The maximum Gasteiger partial charge on any atom is 0.343 e. The van der Waals surface area contributed by atoms with Crippen LogP contribution in [0.25, 0.3) is 16.6 Å². The molecular weight excluding hydrogens is 375 g/mol. The molecule has 3 rings (SSSR count). The number of aryl methyl sites for hydroxylation is 1. The normalized spacial score (nSPS) is 11.1. The molecule has 0 amide bonds. The molecule has 0 bridgehead atoms. The summed E-state index contributed by atoms with van der Waals surface area (Å²) in [5, 5.41) is 9.35. The molecule has 2 aromatic carbocycles. The lowest BCUT2D eigenvalue weighted by atomic mass is 10.0. The topological polar surface area (TPSA) is 68.5 Å². The van der Waals surface area contributed by atoms with Gasteiger partial charge in [0, 0.05) is 17.3 Å². The van der Waals surface area contributed by atoms with Gasteiger partial charge >= 0.3 is 5.97 Å². The van der Waals surface area contributed by atoms with E-state index >= 15 is 0 Å². The smallest absolute Gasteiger partial charge is 0.343 e. The standard InChI is InChI=1S/C20H16F3NO4/c1-3-28-20(27)14-8-24(16-5-4-12(21)6-11(16)9-25)18-10(2)17(23)15(22)7-13(18)19(14)26/h4-8,25H,3,9H2,1-2H3. The zero-order chi connectivity index (χ0) is 20.6. The first kappa shape index (κ1) is 19.6. The van der Waals surface area contributed by atoms with Crippen LogP contribution < -0.4 is 5.43 Å². The van der Waals surface area contributed by atoms with Gasteiger partial charge < -0.3 is 14.4 Å². The molecule has 0 radical (unpaired) electrons. The predicted octanol–water partition coefficient (Wildman–Crippen LogP) is 3.39. The van der Waals surface area contributed by atoms with Gasteiger partial charge in [0.05, 0.1) is 29.8 Å². The molecule has 0 aliphatic carbocycles. The largest absolute Gasteiger partial charge is 0.462 e. The van der Waals surface area contributed by atoms with Crippen LogP contribution in [0, 0.1) is 24.4 Å². The van der Waals surface area contributed by atoms with E-state index in [1.54, 1.807) is 6.92 Å². The lowest BCUT2D eigenvalue weighted by Gasteiger charge is -2.18. The van der Waals surface area contributed by atoms with Crippen molar-refractivity contribution in [3.8, 4) is 5.69 Å². The number of hydrogen-bond donors (Lipinski definition) is 1. The fourth-order valence-corrected chi connectivity index (χ4v) is 3.08. The van der Waals surface area contributed by atoms with E-state index in [1.807, 2.05) is 0 Å². The highest BCUT2D eigenvalue weighted by Crippen LogP contribution is 2.27. The molecule has 0 aliphatic heterocycles. The van der Waals surface area contributed by atoms with Gasteiger partial charge in [0.25, 0.3) is 0 Å². The summed E-state index contributed by atoms with van der Waals surface area (Å²) in [5.74, 6) is -3.94. The average Bonchev–Trinajstić information content (AvgIpc) is 2.67. The number of halogens is 3. The maximum atomic E-state index is 14.2. The Hall–Kier alpha value is -3.13. The van der Waals surface area contributed by atoms with Gasteiger partial charge in [-0.05, 0) is 38.1 Å². The minimum Gasteiger partial charge on any atom is -0.462 e. The summed E-state index contributed by atoms with van der Waals surface area (Å²) in [5.41, 5.74) is -1.06. The fourth-order valence-electron chi connectivity index (χ4n) is 3.08. The van der Waals surface area contributed by atoms with Crippen molar-refractivity contribution in [2.24, 2.45) is 0 Å². The van der Waals surface area contributed by atoms with Crippen LogP contribution in [0.1, 0.15) is 28.4 Å². The minimum atomic E-state index is -1.24. The number of aromatic nitrogens is 1. The highest BCUT2D eigenvalue weighted by Gasteiger charge is 2.22. The van der Waals surface area contributed by atoms with Crippen molar-refractivity contribution in [3.63, 3.8) is 0 Å². The van der Waals surface area contributed by atoms with E-state index in [2.05, 4.69) is 0 Å². The van der Waals surface area contributed by atoms with Crippen molar-refractivity contribution >= 4 is 16.9 Å². The highest BCUT2D eigenvalue weighted by molar-refractivity contribution is 5.95. The van der Waals surface area contributed by atoms with E-state index in [4.69, 9.17) is 4.74 Å². The number of rotatable bonds is 4. The number of pyridine rings is 1. The molecule has 0 atom stereocenters. The summed E-state index contributed by atoms with van der Waals surface area (Å²) in [4.78, 5) is 25.0. The van der Waals surface area contributed by atoms with Crippen molar-refractivity contribution in [2.45, 2.75) is 20.5 Å². The van der Waals surface area contributed by atoms with Gasteiger partial charge in [-0.15, -0.1) is 0 Å². The minimum absolute atomic E-state index is 0.00161. The van der Waals surface area contributed by atoms with Gasteiger partial charge in [-0.1, -0.05) is 0 Å². The molecule has 0 unspecified atom stereocenters. The van der Waals surface area contributed by atoms with Crippen LogP contribution in [0.2, 0.25) is 0 Å². The zero-order valence-electron chi connectivity index (χ0n) is 15.1. The van der Waals surface area contributed by atoms with E-state index in [0.29, 0.717) is 6.07 Å². The molecule has 8 heteroatoms. The molecule has 28 heavy (non-hydrogen) atoms. The quantitative estimate of drug-likeness (QED) is 0.693. The van der Waals surface area contributed by atoms with Crippen LogP contribution >= 0.6 is 0 Å². The summed E-state index contributed by atoms with van der Waals surface area (Å²) >= 11 is 0. The van der Waals surface area contributed by atoms with Crippen LogP contribution in [-0.2, 0) is 11.3 Å². The van der Waals surface area contributed by atoms with Gasteiger partial charge in [-0.2, -0.15) is 0 Å². The van der Waals surface area contributed by atoms with Gasteiger partial charge in [0.2, 0.25) is 5.43 Å². The fraction of sp³-hybridized carbons (Fsp3) is 0.200. The number of benzene rings is 2. The highest BCUT2D eigenvalue weighted by atomic mass is 19.2. The lowest BCUT2D eigenvalue weighted by molar-refractivity contribution is 0.0524. The molecule has 1 N–H and O–H groups in total. The number of aliphatic hydroxyl groups excluding tert-OH is 1. The van der Waals surface area contributed by atoms with Crippen molar-refractivity contribution < 1.29 is 27.8 Å². The predicted molar refractivity (Wildman–Crippen MR) is 96.0 cm³/mol. The summed E-state index contributed by atoms with van der Waals surface area (Å²) in [6.45, 7) is 2.28. The number of carbonyl (C=O) groups excluding carboxylic acids is 1. The van der Waals surface area contributed by atoms with Crippen LogP contribution in [0.3, 0.4) is 0 Å². The van der Waals surface area contributed by atoms with Gasteiger partial charge in [-0.25, -0.2) is 18.0 Å². The summed E-state index contributed by atoms with van der Waals surface area (Å²) in [7, 11) is 0. The Bertz CT molecular complexity index is 1150. The number of ether oxygens (including phenoxy) is 1. The molecular formula is C20H16F3NO4. The first-order chi connectivity index (χ1) is 13.3. The van der Waals surface area contributed by atoms with Crippen LogP contribution in [0.4, 0.5) is 13.2 Å². The lowest BCUT2D eigenvalue weighted by Crippen LogP contribution is -2.22. The van der Waals surface area contributed by atoms with Gasteiger partial charge in [0.1, 0.15) is 11.4 Å². The van der Waals surface area contributed by atoms with Gasteiger partial charge in [-0.3, -0.25) is 4.79 Å². The summed E-state index contributed by atoms with van der Waals surface area (Å²) in [6.07, 6.45) is 1.12.